The van der Waals surface area contributed by atoms with Crippen molar-refractivity contribution < 1.29 is 20.1 Å². The van der Waals surface area contributed by atoms with Crippen LogP contribution in [-0.4, -0.2) is 41.4 Å². The van der Waals surface area contributed by atoms with E-state index in [0.717, 1.165) is 12.1 Å². The van der Waals surface area contributed by atoms with E-state index in [9.17, 15) is 4.79 Å². The first kappa shape index (κ1) is 9.17. The first-order valence-corrected chi connectivity index (χ1v) is 4.15. The number of rotatable bonds is 1. The van der Waals surface area contributed by atoms with Crippen molar-refractivity contribution in [1.29, 1.82) is 0 Å². The average molecular weight is 281 g/mol. The summed E-state index contributed by atoms with van der Waals surface area (Å²) in [5.41, 5.74) is 0.160. The van der Waals surface area contributed by atoms with Gasteiger partial charge in [0.2, 0.25) is 0 Å². The molecule has 0 aliphatic rings. The quantitative estimate of drug-likeness (QED) is 0.504. The number of hydrogen-bond acceptors (Lipinski definition) is 4. The third kappa shape index (κ3) is 1.63. The fraction of sp³-hybridized carbons (Fsp3) is 0. The van der Waals surface area contributed by atoms with Crippen LogP contribution in [0.1, 0.15) is 10.4 Å². The molecule has 0 bridgehead atoms. The molecule has 0 aliphatic heterocycles. The molecule has 1 rings (SSSR count). The molecule has 0 saturated heterocycles. The van der Waals surface area contributed by atoms with Crippen LogP contribution < -0.4 is 0 Å². The summed E-state index contributed by atoms with van der Waals surface area (Å²) in [7, 11) is 0. The van der Waals surface area contributed by atoms with Crippen LogP contribution >= 0.6 is 0 Å². The fourth-order valence-corrected chi connectivity index (χ4v) is 1.06. The minimum absolute atomic E-state index is 0.160. The van der Waals surface area contributed by atoms with E-state index in [1.807, 2.05) is 0 Å². The van der Waals surface area contributed by atoms with Crippen molar-refractivity contribution in [1.82, 2.24) is 0 Å². The summed E-state index contributed by atoms with van der Waals surface area (Å²) >= 11 is 1.23. The maximum atomic E-state index is 10.8. The van der Waals surface area contributed by atoms with E-state index in [4.69, 9.17) is 15.3 Å². The molecule has 4 nitrogen and oxygen atoms in total. The number of aromatic hydroxyl groups is 3. The van der Waals surface area contributed by atoms with Crippen LogP contribution in [0.3, 0.4) is 0 Å². The second-order valence-electron chi connectivity index (χ2n) is 2.15. The molecule has 0 spiro atoms. The van der Waals surface area contributed by atoms with Gasteiger partial charge in [-0.05, 0) is 0 Å². The second-order valence-corrected chi connectivity index (χ2v) is 3.21. The van der Waals surface area contributed by atoms with E-state index in [1.165, 1.54) is 22.3 Å². The molecule has 5 heteroatoms. The number of benzene rings is 1. The molecule has 0 amide bonds. The molecule has 1 radical (unpaired) electrons. The zero-order valence-electron chi connectivity index (χ0n) is 5.81. The summed E-state index contributed by atoms with van der Waals surface area (Å²) in [6.45, 7) is 0. The summed E-state index contributed by atoms with van der Waals surface area (Å²) in [5.74, 6) is -1.61. The molecule has 3 N–H and O–H groups in total. The van der Waals surface area contributed by atoms with Crippen LogP contribution in [-0.2, 0) is 0 Å². The van der Waals surface area contributed by atoms with Crippen molar-refractivity contribution in [2.45, 2.75) is 0 Å². The van der Waals surface area contributed by atoms with Gasteiger partial charge in [0, 0.05) is 0 Å². The van der Waals surface area contributed by atoms with Crippen LogP contribution in [0.2, 0.25) is 0 Å². The van der Waals surface area contributed by atoms with Crippen LogP contribution in [0.5, 0.6) is 17.2 Å². The number of carbonyl (C=O) groups is 1. The van der Waals surface area contributed by atoms with Crippen molar-refractivity contribution in [3.8, 4) is 17.2 Å². The van der Waals surface area contributed by atoms with Crippen molar-refractivity contribution in [3.63, 3.8) is 0 Å². The Kier molecular flexibility index (Phi) is 2.46. The zero-order valence-corrected chi connectivity index (χ0v) is 8.14. The Morgan fingerprint density at radius 3 is 1.92 bits per heavy atom. The Morgan fingerprint density at radius 1 is 1.17 bits per heavy atom. The molecule has 0 atom stereocenters. The van der Waals surface area contributed by atoms with Crippen molar-refractivity contribution in [3.05, 3.63) is 17.7 Å². The van der Waals surface area contributed by atoms with Gasteiger partial charge < -0.3 is 0 Å². The van der Waals surface area contributed by atoms with E-state index in [0.29, 0.717) is 0 Å². The van der Waals surface area contributed by atoms with Gasteiger partial charge >= 0.3 is 81.2 Å². The summed E-state index contributed by atoms with van der Waals surface area (Å²) in [4.78, 5) is 10.8. The van der Waals surface area contributed by atoms with Gasteiger partial charge in [-0.3, -0.25) is 0 Å². The Bertz CT molecular complexity index is 311. The second kappa shape index (κ2) is 3.21. The molecule has 0 unspecified atom stereocenters. The van der Waals surface area contributed by atoms with Crippen LogP contribution in [0, 0.1) is 0 Å². The van der Waals surface area contributed by atoms with Gasteiger partial charge in [0.25, 0.3) is 0 Å². The Balaban J connectivity index is 3.31. The number of phenolic OH excluding ortho intramolecular Hbond substituents is 3. The molecule has 1 aromatic carbocycles. The van der Waals surface area contributed by atoms with E-state index in [1.54, 1.807) is 0 Å². The molecule has 0 aliphatic carbocycles. The van der Waals surface area contributed by atoms with Crippen LogP contribution in [0.4, 0.5) is 0 Å². The molecule has 0 heterocycles. The molecular formula is C7H5O4Te. The predicted molar refractivity (Wildman–Crippen MR) is 41.5 cm³/mol. The minimum atomic E-state index is -0.610. The topological polar surface area (TPSA) is 77.8 Å². The normalized spacial score (nSPS) is 9.67. The van der Waals surface area contributed by atoms with E-state index >= 15 is 0 Å². The van der Waals surface area contributed by atoms with Gasteiger partial charge in [0.05, 0.1) is 0 Å². The first-order valence-electron chi connectivity index (χ1n) is 2.98. The van der Waals surface area contributed by atoms with Gasteiger partial charge in [-0.2, -0.15) is 0 Å². The molecular weight excluding hydrogens is 276 g/mol. The fourth-order valence-electron chi connectivity index (χ4n) is 0.722. The zero-order chi connectivity index (χ0) is 9.30. The van der Waals surface area contributed by atoms with Gasteiger partial charge in [0.15, 0.2) is 0 Å². The predicted octanol–water partition coefficient (Wildman–Crippen LogP) is 0.112. The van der Waals surface area contributed by atoms with Gasteiger partial charge in [-0.15, -0.1) is 0 Å². The summed E-state index contributed by atoms with van der Waals surface area (Å²) in [6.07, 6.45) is 0. The number of hydrogen-bond donors (Lipinski definition) is 3. The summed E-state index contributed by atoms with van der Waals surface area (Å²) < 4.78 is -0.281. The van der Waals surface area contributed by atoms with E-state index < -0.39 is 17.2 Å². The Hall–Kier alpha value is -0.920. The monoisotopic (exact) mass is 283 g/mol. The number of phenols is 3. The average Bonchev–Trinajstić information content (AvgIpc) is 1.99. The van der Waals surface area contributed by atoms with Crippen LogP contribution in [0.15, 0.2) is 12.1 Å². The van der Waals surface area contributed by atoms with E-state index in [2.05, 4.69) is 0 Å². The van der Waals surface area contributed by atoms with E-state index in [-0.39, 0.29) is 9.39 Å². The number of carbonyl (C=O) groups excluding carboxylic acids is 1. The Labute approximate surface area is 81.4 Å². The molecule has 12 heavy (non-hydrogen) atoms. The molecule has 0 aromatic heterocycles. The van der Waals surface area contributed by atoms with Gasteiger partial charge in [-0.1, -0.05) is 0 Å². The molecule has 0 saturated carbocycles. The molecule has 63 valence electrons. The standard InChI is InChI=1S/C7H5O4Te/c8-4-1-3(7(11)12)2-5(9)6(4)10/h1-2,8-10H. The maximum absolute atomic E-state index is 10.8. The van der Waals surface area contributed by atoms with Crippen molar-refractivity contribution in [2.75, 3.05) is 0 Å². The van der Waals surface area contributed by atoms with Crippen molar-refractivity contribution in [2.24, 2.45) is 0 Å². The summed E-state index contributed by atoms with van der Waals surface area (Å²) in [6, 6.07) is 2.19. The third-order valence-corrected chi connectivity index (χ3v) is 1.98. The van der Waals surface area contributed by atoms with Gasteiger partial charge in [-0.25, -0.2) is 0 Å². The first-order chi connectivity index (χ1) is 5.52. The third-order valence-electron chi connectivity index (χ3n) is 1.31. The van der Waals surface area contributed by atoms with Crippen LogP contribution in [0.25, 0.3) is 0 Å². The SMILES string of the molecule is O=C([Te])c1cc(O)c(O)c(O)c1. The molecule has 1 aromatic rings. The van der Waals surface area contributed by atoms with Crippen molar-refractivity contribution >= 4 is 26.1 Å². The Morgan fingerprint density at radius 2 is 1.58 bits per heavy atom. The summed E-state index contributed by atoms with van der Waals surface area (Å²) in [5, 5.41) is 26.8. The molecule has 0 fully saturated rings. The van der Waals surface area contributed by atoms with Gasteiger partial charge in [0.1, 0.15) is 0 Å².